The van der Waals surface area contributed by atoms with Crippen LogP contribution in [0.3, 0.4) is 0 Å². The topological polar surface area (TPSA) is 94.4 Å². The first kappa shape index (κ1) is 17.4. The van der Waals surface area contributed by atoms with Gasteiger partial charge in [-0.1, -0.05) is 0 Å². The molecule has 9 heteroatoms. The van der Waals surface area contributed by atoms with E-state index in [1.807, 2.05) is 10.8 Å². The SMILES string of the molecule is O=C1C=CC(C(=O)N2CCN(CCNC(=O)c3ccsc3)CC2)N=N1. The standard InChI is InChI=1S/C16H19N5O3S/c22-14-2-1-13(18-19-14)16(24)21-8-6-20(7-9-21)5-4-17-15(23)12-3-10-25-11-12/h1-3,10-11,13H,4-9H2,(H,17,23). The Hall–Kier alpha value is -2.39. The monoisotopic (exact) mass is 361 g/mol. The number of rotatable bonds is 5. The van der Waals surface area contributed by atoms with E-state index in [1.165, 1.54) is 23.5 Å². The van der Waals surface area contributed by atoms with Crippen molar-refractivity contribution < 1.29 is 14.4 Å². The van der Waals surface area contributed by atoms with Gasteiger partial charge in [-0.2, -0.15) is 16.5 Å². The van der Waals surface area contributed by atoms with Gasteiger partial charge >= 0.3 is 0 Å². The van der Waals surface area contributed by atoms with E-state index >= 15 is 0 Å². The second-order valence-electron chi connectivity index (χ2n) is 5.79. The van der Waals surface area contributed by atoms with E-state index < -0.39 is 11.9 Å². The van der Waals surface area contributed by atoms with Crippen molar-refractivity contribution >= 4 is 29.1 Å². The van der Waals surface area contributed by atoms with E-state index in [0.29, 0.717) is 25.2 Å². The third kappa shape index (κ3) is 4.58. The number of nitrogens with zero attached hydrogens (tertiary/aromatic N) is 4. The molecule has 0 spiro atoms. The molecular formula is C16H19N5O3S. The number of hydrogen-bond acceptors (Lipinski definition) is 6. The predicted octanol–water partition coefficient (Wildman–Crippen LogP) is 0.539. The van der Waals surface area contributed by atoms with Gasteiger partial charge in [-0.25, -0.2) is 0 Å². The number of azo groups is 1. The average molecular weight is 361 g/mol. The number of carbonyl (C=O) groups excluding carboxylic acids is 3. The van der Waals surface area contributed by atoms with Gasteiger partial charge in [0, 0.05) is 56.3 Å². The van der Waals surface area contributed by atoms with E-state index in [0.717, 1.165) is 19.6 Å². The molecule has 2 aliphatic rings. The van der Waals surface area contributed by atoms with Crippen molar-refractivity contribution in [1.82, 2.24) is 15.1 Å². The lowest BCUT2D eigenvalue weighted by atomic mass is 10.2. The Morgan fingerprint density at radius 2 is 2.08 bits per heavy atom. The van der Waals surface area contributed by atoms with Crippen molar-refractivity contribution in [1.29, 1.82) is 0 Å². The summed E-state index contributed by atoms with van der Waals surface area (Å²) in [5.41, 5.74) is 0.689. The summed E-state index contributed by atoms with van der Waals surface area (Å²) in [5, 5.41) is 13.8. The minimum atomic E-state index is -0.686. The maximum atomic E-state index is 12.3. The van der Waals surface area contributed by atoms with E-state index in [4.69, 9.17) is 0 Å². The smallest absolute Gasteiger partial charge is 0.287 e. The van der Waals surface area contributed by atoms with Crippen molar-refractivity contribution in [2.24, 2.45) is 10.2 Å². The van der Waals surface area contributed by atoms with Gasteiger partial charge in [0.05, 0.1) is 0 Å². The highest BCUT2D eigenvalue weighted by Gasteiger charge is 2.27. The Kier molecular flexibility index (Phi) is 5.67. The summed E-state index contributed by atoms with van der Waals surface area (Å²) in [6.07, 6.45) is 2.77. The van der Waals surface area contributed by atoms with Gasteiger partial charge in [-0.15, -0.1) is 5.11 Å². The van der Waals surface area contributed by atoms with E-state index in [9.17, 15) is 14.4 Å². The zero-order valence-corrected chi connectivity index (χ0v) is 14.4. The van der Waals surface area contributed by atoms with Crippen molar-refractivity contribution in [3.63, 3.8) is 0 Å². The second kappa shape index (κ2) is 8.13. The van der Waals surface area contributed by atoms with Gasteiger partial charge in [-0.05, 0) is 17.5 Å². The van der Waals surface area contributed by atoms with E-state index in [-0.39, 0.29) is 11.8 Å². The highest BCUT2D eigenvalue weighted by atomic mass is 32.1. The summed E-state index contributed by atoms with van der Waals surface area (Å²) in [6, 6.07) is 1.11. The maximum absolute atomic E-state index is 12.3. The Balaban J connectivity index is 1.38. The molecule has 1 N–H and O–H groups in total. The third-order valence-electron chi connectivity index (χ3n) is 4.14. The summed E-state index contributed by atoms with van der Waals surface area (Å²) < 4.78 is 0. The van der Waals surface area contributed by atoms with Crippen LogP contribution in [-0.2, 0) is 9.59 Å². The molecule has 2 aliphatic heterocycles. The summed E-state index contributed by atoms with van der Waals surface area (Å²) in [7, 11) is 0. The van der Waals surface area contributed by atoms with Crippen LogP contribution >= 0.6 is 11.3 Å². The molecular weight excluding hydrogens is 342 g/mol. The summed E-state index contributed by atoms with van der Waals surface area (Å²) in [5.74, 6) is -0.615. The first-order valence-electron chi connectivity index (χ1n) is 8.08. The molecule has 25 heavy (non-hydrogen) atoms. The first-order valence-corrected chi connectivity index (χ1v) is 9.02. The summed E-state index contributed by atoms with van der Waals surface area (Å²) >= 11 is 1.50. The minimum Gasteiger partial charge on any atom is -0.351 e. The lowest BCUT2D eigenvalue weighted by Gasteiger charge is -2.35. The van der Waals surface area contributed by atoms with Crippen LogP contribution in [0.2, 0.25) is 0 Å². The molecule has 0 radical (unpaired) electrons. The first-order chi connectivity index (χ1) is 12.1. The Labute approximate surface area is 149 Å². The van der Waals surface area contributed by atoms with Crippen molar-refractivity contribution in [3.8, 4) is 0 Å². The number of nitrogens with one attached hydrogen (secondary N) is 1. The predicted molar refractivity (Wildman–Crippen MR) is 92.5 cm³/mol. The zero-order valence-electron chi connectivity index (χ0n) is 13.6. The fraction of sp³-hybridized carbons (Fsp3) is 0.438. The molecule has 1 saturated heterocycles. The molecule has 1 atom stereocenters. The van der Waals surface area contributed by atoms with Crippen LogP contribution in [0.25, 0.3) is 0 Å². The van der Waals surface area contributed by atoms with Gasteiger partial charge in [0.15, 0.2) is 6.04 Å². The number of piperazine rings is 1. The van der Waals surface area contributed by atoms with E-state index in [2.05, 4.69) is 20.4 Å². The quantitative estimate of drug-likeness (QED) is 0.828. The maximum Gasteiger partial charge on any atom is 0.287 e. The summed E-state index contributed by atoms with van der Waals surface area (Å²) in [4.78, 5) is 39.1. The average Bonchev–Trinajstić information content (AvgIpc) is 3.17. The molecule has 1 unspecified atom stereocenters. The van der Waals surface area contributed by atoms with Crippen molar-refractivity contribution in [3.05, 3.63) is 34.5 Å². The number of carbonyl (C=O) groups is 3. The summed E-state index contributed by atoms with van der Waals surface area (Å²) in [6.45, 7) is 4.01. The Morgan fingerprint density at radius 1 is 1.28 bits per heavy atom. The van der Waals surface area contributed by atoms with Crippen molar-refractivity contribution in [2.75, 3.05) is 39.3 Å². The molecule has 0 aromatic carbocycles. The van der Waals surface area contributed by atoms with Crippen LogP contribution in [0.4, 0.5) is 0 Å². The zero-order chi connectivity index (χ0) is 17.6. The van der Waals surface area contributed by atoms with Crippen molar-refractivity contribution in [2.45, 2.75) is 6.04 Å². The minimum absolute atomic E-state index is 0.0564. The molecule has 0 bridgehead atoms. The number of hydrogen-bond donors (Lipinski definition) is 1. The Bertz CT molecular complexity index is 677. The van der Waals surface area contributed by atoms with Crippen LogP contribution in [0, 0.1) is 0 Å². The molecule has 3 rings (SSSR count). The van der Waals surface area contributed by atoms with Gasteiger partial charge < -0.3 is 10.2 Å². The van der Waals surface area contributed by atoms with Gasteiger partial charge in [0.25, 0.3) is 17.7 Å². The second-order valence-corrected chi connectivity index (χ2v) is 6.57. The molecule has 0 aliphatic carbocycles. The number of amides is 3. The third-order valence-corrected chi connectivity index (χ3v) is 4.82. The normalized spacial score (nSPS) is 20.7. The van der Waals surface area contributed by atoms with Crippen LogP contribution in [0.1, 0.15) is 10.4 Å². The molecule has 8 nitrogen and oxygen atoms in total. The van der Waals surface area contributed by atoms with E-state index in [1.54, 1.807) is 11.0 Å². The highest BCUT2D eigenvalue weighted by molar-refractivity contribution is 7.08. The van der Waals surface area contributed by atoms with Crippen LogP contribution < -0.4 is 5.32 Å². The molecule has 3 heterocycles. The van der Waals surface area contributed by atoms with Gasteiger partial charge in [-0.3, -0.25) is 19.3 Å². The fourth-order valence-electron chi connectivity index (χ4n) is 2.70. The molecule has 1 aromatic heterocycles. The van der Waals surface area contributed by atoms with Crippen LogP contribution in [0.5, 0.6) is 0 Å². The van der Waals surface area contributed by atoms with Gasteiger partial charge in [0.2, 0.25) is 0 Å². The largest absolute Gasteiger partial charge is 0.351 e. The highest BCUT2D eigenvalue weighted by Crippen LogP contribution is 2.10. The molecule has 1 aromatic rings. The molecule has 1 fully saturated rings. The fourth-order valence-corrected chi connectivity index (χ4v) is 3.33. The van der Waals surface area contributed by atoms with Crippen LogP contribution in [-0.4, -0.2) is 72.8 Å². The Morgan fingerprint density at radius 3 is 2.72 bits per heavy atom. The lowest BCUT2D eigenvalue weighted by molar-refractivity contribution is -0.133. The molecule has 132 valence electrons. The van der Waals surface area contributed by atoms with Gasteiger partial charge in [0.1, 0.15) is 0 Å². The molecule has 3 amide bonds. The van der Waals surface area contributed by atoms with Crippen LogP contribution in [0.15, 0.2) is 39.2 Å². The lowest BCUT2D eigenvalue weighted by Crippen LogP contribution is -2.52. The number of thiophene rings is 1. The molecule has 0 saturated carbocycles.